The Morgan fingerprint density at radius 2 is 1.67 bits per heavy atom. The SMILES string of the molecule is CC(=O)c1ccc(OCCCC(=O)Nc2c(F)cccc2F)cc1. The molecule has 2 rings (SSSR count). The molecule has 1 amide bonds. The fourth-order valence-corrected chi connectivity index (χ4v) is 2.03. The van der Waals surface area contributed by atoms with Gasteiger partial charge in [-0.2, -0.15) is 0 Å². The Balaban J connectivity index is 1.76. The van der Waals surface area contributed by atoms with Crippen LogP contribution in [0.2, 0.25) is 0 Å². The minimum atomic E-state index is -0.815. The highest BCUT2D eigenvalue weighted by molar-refractivity contribution is 5.94. The minimum Gasteiger partial charge on any atom is -0.494 e. The number of hydrogen-bond donors (Lipinski definition) is 1. The largest absolute Gasteiger partial charge is 0.494 e. The first kappa shape index (κ1) is 17.6. The molecule has 0 aliphatic heterocycles. The highest BCUT2D eigenvalue weighted by Gasteiger charge is 2.11. The summed E-state index contributed by atoms with van der Waals surface area (Å²) < 4.78 is 32.3. The number of rotatable bonds is 7. The fourth-order valence-electron chi connectivity index (χ4n) is 2.03. The second-order valence-corrected chi connectivity index (χ2v) is 5.18. The van der Waals surface area contributed by atoms with Gasteiger partial charge in [0.2, 0.25) is 5.91 Å². The summed E-state index contributed by atoms with van der Waals surface area (Å²) in [4.78, 5) is 22.9. The van der Waals surface area contributed by atoms with Crippen LogP contribution in [0, 0.1) is 11.6 Å². The topological polar surface area (TPSA) is 55.4 Å². The van der Waals surface area contributed by atoms with Gasteiger partial charge in [0.25, 0.3) is 0 Å². The number of Topliss-reactive ketones (excluding diaryl/α,β-unsaturated/α-hetero) is 1. The van der Waals surface area contributed by atoms with Crippen molar-refractivity contribution in [3.05, 3.63) is 59.7 Å². The molecule has 0 saturated heterocycles. The number of hydrogen-bond acceptors (Lipinski definition) is 3. The Morgan fingerprint density at radius 1 is 1.04 bits per heavy atom. The average Bonchev–Trinajstić information content (AvgIpc) is 2.55. The standard InChI is InChI=1S/C18H17F2NO3/c1-12(22)13-7-9-14(10-8-13)24-11-3-6-17(23)21-18-15(19)4-2-5-16(18)20/h2,4-5,7-10H,3,6,11H2,1H3,(H,21,23). The van der Waals surface area contributed by atoms with Crippen molar-refractivity contribution < 1.29 is 23.1 Å². The summed E-state index contributed by atoms with van der Waals surface area (Å²) in [6, 6.07) is 10.0. The number of carbonyl (C=O) groups excluding carboxylic acids is 2. The van der Waals surface area contributed by atoms with E-state index in [-0.39, 0.29) is 18.8 Å². The fraction of sp³-hybridized carbons (Fsp3) is 0.222. The summed E-state index contributed by atoms with van der Waals surface area (Å²) in [5.41, 5.74) is 0.150. The van der Waals surface area contributed by atoms with Crippen LogP contribution >= 0.6 is 0 Å². The summed E-state index contributed by atoms with van der Waals surface area (Å²) in [5, 5.41) is 2.22. The summed E-state index contributed by atoms with van der Waals surface area (Å²) in [5.74, 6) is -1.57. The molecule has 0 aliphatic carbocycles. The van der Waals surface area contributed by atoms with Crippen LogP contribution in [0.5, 0.6) is 5.75 Å². The summed E-state index contributed by atoms with van der Waals surface area (Å²) in [6.07, 6.45) is 0.454. The van der Waals surface area contributed by atoms with E-state index >= 15 is 0 Å². The lowest BCUT2D eigenvalue weighted by atomic mass is 10.1. The average molecular weight is 333 g/mol. The molecule has 2 aromatic rings. The van der Waals surface area contributed by atoms with Crippen LogP contribution in [0.4, 0.5) is 14.5 Å². The second kappa shape index (κ2) is 8.19. The molecule has 1 N–H and O–H groups in total. The molecule has 126 valence electrons. The van der Waals surface area contributed by atoms with Gasteiger partial charge in [-0.25, -0.2) is 8.78 Å². The van der Waals surface area contributed by atoms with Gasteiger partial charge in [0.05, 0.1) is 6.61 Å². The van der Waals surface area contributed by atoms with Gasteiger partial charge in [-0.1, -0.05) is 6.07 Å². The first-order valence-corrected chi connectivity index (χ1v) is 7.45. The maximum atomic E-state index is 13.4. The number of anilines is 1. The van der Waals surface area contributed by atoms with Crippen molar-refractivity contribution in [1.82, 2.24) is 0 Å². The zero-order valence-corrected chi connectivity index (χ0v) is 13.1. The van der Waals surface area contributed by atoms with Crippen molar-refractivity contribution in [3.8, 4) is 5.75 Å². The van der Waals surface area contributed by atoms with Gasteiger partial charge >= 0.3 is 0 Å². The Kier molecular flexibility index (Phi) is 6.01. The van der Waals surface area contributed by atoms with Gasteiger partial charge in [0.1, 0.15) is 23.1 Å². The molecule has 0 spiro atoms. The van der Waals surface area contributed by atoms with E-state index in [0.29, 0.717) is 17.7 Å². The molecule has 0 saturated carbocycles. The Morgan fingerprint density at radius 3 is 2.25 bits per heavy atom. The summed E-state index contributed by atoms with van der Waals surface area (Å²) in [7, 11) is 0. The lowest BCUT2D eigenvalue weighted by Gasteiger charge is -2.08. The number of benzene rings is 2. The van der Waals surface area contributed by atoms with Gasteiger partial charge in [-0.3, -0.25) is 9.59 Å². The van der Waals surface area contributed by atoms with Crippen LogP contribution in [-0.4, -0.2) is 18.3 Å². The van der Waals surface area contributed by atoms with Crippen LogP contribution in [0.15, 0.2) is 42.5 Å². The highest BCUT2D eigenvalue weighted by atomic mass is 19.1. The maximum absolute atomic E-state index is 13.4. The zero-order chi connectivity index (χ0) is 17.5. The van der Waals surface area contributed by atoms with Gasteiger partial charge in [-0.15, -0.1) is 0 Å². The molecule has 0 aliphatic rings. The van der Waals surface area contributed by atoms with E-state index in [1.807, 2.05) is 0 Å². The smallest absolute Gasteiger partial charge is 0.224 e. The van der Waals surface area contributed by atoms with Gasteiger partial charge in [-0.05, 0) is 49.7 Å². The van der Waals surface area contributed by atoms with Crippen LogP contribution in [-0.2, 0) is 4.79 Å². The third-order valence-corrected chi connectivity index (χ3v) is 3.30. The molecule has 4 nitrogen and oxygen atoms in total. The minimum absolute atomic E-state index is 0.0291. The summed E-state index contributed by atoms with van der Waals surface area (Å²) >= 11 is 0. The van der Waals surface area contributed by atoms with E-state index in [0.717, 1.165) is 12.1 Å². The Bertz CT molecular complexity index is 709. The third-order valence-electron chi connectivity index (χ3n) is 3.30. The Hall–Kier alpha value is -2.76. The van der Waals surface area contributed by atoms with E-state index in [9.17, 15) is 18.4 Å². The third kappa shape index (κ3) is 4.87. The molecule has 6 heteroatoms. The van der Waals surface area contributed by atoms with Gasteiger partial charge < -0.3 is 10.1 Å². The molecule has 0 fully saturated rings. The number of amides is 1. The first-order chi connectivity index (χ1) is 11.5. The normalized spacial score (nSPS) is 10.3. The monoisotopic (exact) mass is 333 g/mol. The predicted molar refractivity (Wildman–Crippen MR) is 86.2 cm³/mol. The molecule has 0 aromatic heterocycles. The van der Waals surface area contributed by atoms with Crippen molar-refractivity contribution in [3.63, 3.8) is 0 Å². The number of ketones is 1. The highest BCUT2D eigenvalue weighted by Crippen LogP contribution is 2.18. The molecule has 0 heterocycles. The van der Waals surface area contributed by atoms with Crippen molar-refractivity contribution in [2.45, 2.75) is 19.8 Å². The molecule has 24 heavy (non-hydrogen) atoms. The lowest BCUT2D eigenvalue weighted by molar-refractivity contribution is -0.116. The first-order valence-electron chi connectivity index (χ1n) is 7.45. The van der Waals surface area contributed by atoms with E-state index < -0.39 is 23.2 Å². The second-order valence-electron chi connectivity index (χ2n) is 5.18. The van der Waals surface area contributed by atoms with Crippen molar-refractivity contribution in [1.29, 1.82) is 0 Å². The van der Waals surface area contributed by atoms with Gasteiger partial charge in [0.15, 0.2) is 5.78 Å². The van der Waals surface area contributed by atoms with Crippen LogP contribution in [0.1, 0.15) is 30.1 Å². The van der Waals surface area contributed by atoms with Crippen LogP contribution in [0.25, 0.3) is 0 Å². The molecule has 0 bridgehead atoms. The number of nitrogens with one attached hydrogen (secondary N) is 1. The number of halogens is 2. The molecular weight excluding hydrogens is 316 g/mol. The van der Waals surface area contributed by atoms with E-state index in [1.165, 1.54) is 13.0 Å². The van der Waals surface area contributed by atoms with Crippen molar-refractivity contribution in [2.75, 3.05) is 11.9 Å². The zero-order valence-electron chi connectivity index (χ0n) is 13.1. The maximum Gasteiger partial charge on any atom is 0.224 e. The lowest BCUT2D eigenvalue weighted by Crippen LogP contribution is -2.15. The van der Waals surface area contributed by atoms with E-state index in [1.54, 1.807) is 24.3 Å². The molecular formula is C18H17F2NO3. The predicted octanol–water partition coefficient (Wildman–Crippen LogP) is 3.97. The van der Waals surface area contributed by atoms with Gasteiger partial charge in [0, 0.05) is 12.0 Å². The molecule has 0 radical (unpaired) electrons. The van der Waals surface area contributed by atoms with Crippen molar-refractivity contribution in [2.24, 2.45) is 0 Å². The molecule has 0 atom stereocenters. The quantitative estimate of drug-likeness (QED) is 0.616. The van der Waals surface area contributed by atoms with Crippen LogP contribution in [0.3, 0.4) is 0 Å². The Labute approximate surface area is 138 Å². The number of carbonyl (C=O) groups is 2. The van der Waals surface area contributed by atoms with E-state index in [2.05, 4.69) is 5.32 Å². The number of para-hydroxylation sites is 1. The van der Waals surface area contributed by atoms with Crippen molar-refractivity contribution >= 4 is 17.4 Å². The van der Waals surface area contributed by atoms with E-state index in [4.69, 9.17) is 4.74 Å². The molecule has 2 aromatic carbocycles. The number of ether oxygens (including phenoxy) is 1. The molecule has 0 unspecified atom stereocenters. The van der Waals surface area contributed by atoms with Crippen LogP contribution < -0.4 is 10.1 Å². The summed E-state index contributed by atoms with van der Waals surface area (Å²) in [6.45, 7) is 1.75.